The number of rotatable bonds is 7. The summed E-state index contributed by atoms with van der Waals surface area (Å²) < 4.78 is 28.3. The molecular weight excluding hydrogens is 358 g/mol. The van der Waals surface area contributed by atoms with Crippen LogP contribution >= 0.6 is 0 Å². The second-order valence-corrected chi connectivity index (χ2v) is 8.73. The van der Waals surface area contributed by atoms with Gasteiger partial charge in [0.2, 0.25) is 10.0 Å². The molecule has 2 aromatic carbocycles. The lowest BCUT2D eigenvalue weighted by atomic mass is 10.0. The quantitative estimate of drug-likeness (QED) is 0.636. The van der Waals surface area contributed by atoms with Gasteiger partial charge in [-0.25, -0.2) is 12.4 Å². The normalized spacial score (nSPS) is 13.2. The molecule has 6 heteroatoms. The molecule has 1 aromatic heterocycles. The zero-order valence-electron chi connectivity index (χ0n) is 15.7. The number of aromatic nitrogens is 1. The molecule has 27 heavy (non-hydrogen) atoms. The fourth-order valence-electron chi connectivity index (χ4n) is 3.44. The van der Waals surface area contributed by atoms with E-state index in [1.54, 1.807) is 12.3 Å². The first-order valence-electron chi connectivity index (χ1n) is 8.78. The van der Waals surface area contributed by atoms with Gasteiger partial charge in [0.15, 0.2) is 0 Å². The van der Waals surface area contributed by atoms with Crippen LogP contribution in [0, 0.1) is 0 Å². The molecular formula is C21H25N3O2S. The largest absolute Gasteiger partial charge is 0.326 e. The number of benzene rings is 2. The van der Waals surface area contributed by atoms with Crippen molar-refractivity contribution in [2.75, 3.05) is 14.1 Å². The van der Waals surface area contributed by atoms with E-state index in [2.05, 4.69) is 11.5 Å². The summed E-state index contributed by atoms with van der Waals surface area (Å²) in [6, 6.07) is 14.9. The van der Waals surface area contributed by atoms with E-state index in [0.717, 1.165) is 23.1 Å². The predicted molar refractivity (Wildman–Crippen MR) is 111 cm³/mol. The highest BCUT2D eigenvalue weighted by Crippen LogP contribution is 2.32. The Morgan fingerprint density at radius 1 is 1.11 bits per heavy atom. The smallest absolute Gasteiger partial charge is 0.249 e. The van der Waals surface area contributed by atoms with Gasteiger partial charge in [-0.05, 0) is 42.9 Å². The molecule has 1 atom stereocenters. The average Bonchev–Trinajstić information content (AvgIpc) is 3.08. The van der Waals surface area contributed by atoms with Crippen LogP contribution in [0.3, 0.4) is 0 Å². The molecule has 0 aliphatic carbocycles. The monoisotopic (exact) mass is 383 g/mol. The maximum Gasteiger partial charge on any atom is 0.249 e. The Balaban J connectivity index is 2.15. The molecule has 142 valence electrons. The average molecular weight is 384 g/mol. The number of fused-ring (bicyclic) bond motifs is 1. The molecule has 0 aliphatic rings. The van der Waals surface area contributed by atoms with E-state index in [1.165, 1.54) is 10.0 Å². The highest BCUT2D eigenvalue weighted by atomic mass is 32.2. The maximum absolute atomic E-state index is 13.5. The summed E-state index contributed by atoms with van der Waals surface area (Å²) in [5, 5.41) is 0.0649. The van der Waals surface area contributed by atoms with Crippen molar-refractivity contribution in [2.45, 2.75) is 18.3 Å². The van der Waals surface area contributed by atoms with Gasteiger partial charge in [0.1, 0.15) is 5.25 Å². The first kappa shape index (κ1) is 19.4. The zero-order valence-corrected chi connectivity index (χ0v) is 16.5. The van der Waals surface area contributed by atoms with Crippen molar-refractivity contribution in [1.29, 1.82) is 0 Å². The van der Waals surface area contributed by atoms with E-state index in [0.29, 0.717) is 11.1 Å². The van der Waals surface area contributed by atoms with Crippen LogP contribution in [0.5, 0.6) is 0 Å². The van der Waals surface area contributed by atoms with Gasteiger partial charge >= 0.3 is 0 Å². The minimum absolute atomic E-state index is 0.273. The fraction of sp³-hybridized carbons (Fsp3) is 0.238. The van der Waals surface area contributed by atoms with Gasteiger partial charge in [0.25, 0.3) is 0 Å². The van der Waals surface area contributed by atoms with Crippen molar-refractivity contribution < 1.29 is 8.42 Å². The van der Waals surface area contributed by atoms with Gasteiger partial charge in [-0.1, -0.05) is 42.5 Å². The second-order valence-electron chi connectivity index (χ2n) is 6.80. The molecule has 2 N–H and O–H groups in total. The number of hydrogen-bond acceptors (Lipinski definition) is 4. The Labute approximate surface area is 160 Å². The van der Waals surface area contributed by atoms with E-state index in [1.807, 2.05) is 56.6 Å². The molecule has 0 spiro atoms. The van der Waals surface area contributed by atoms with Gasteiger partial charge in [0.05, 0.1) is 5.52 Å². The van der Waals surface area contributed by atoms with Crippen LogP contribution in [0.4, 0.5) is 0 Å². The third-order valence-corrected chi connectivity index (χ3v) is 6.62. The van der Waals surface area contributed by atoms with Crippen LogP contribution in [0.25, 0.3) is 10.9 Å². The molecule has 3 aromatic rings. The summed E-state index contributed by atoms with van der Waals surface area (Å²) in [6.45, 7) is 4.80. The SMILES string of the molecule is C=CC(c1ccccc1CN)S(=O)(=O)n1ccc2c(CN(C)C)cccc21. The number of nitrogens with two attached hydrogens (primary N) is 1. The summed E-state index contributed by atoms with van der Waals surface area (Å²) in [7, 11) is 0.244. The number of nitrogens with zero attached hydrogens (tertiary/aromatic N) is 2. The summed E-state index contributed by atoms with van der Waals surface area (Å²) in [4.78, 5) is 2.06. The van der Waals surface area contributed by atoms with E-state index >= 15 is 0 Å². The molecule has 3 rings (SSSR count). The molecule has 0 saturated carbocycles. The Morgan fingerprint density at radius 3 is 2.48 bits per heavy atom. The maximum atomic E-state index is 13.5. The van der Waals surface area contributed by atoms with Crippen molar-refractivity contribution in [2.24, 2.45) is 5.73 Å². The summed E-state index contributed by atoms with van der Waals surface area (Å²) in [5.41, 5.74) is 9.05. The number of hydrogen-bond donors (Lipinski definition) is 1. The highest BCUT2D eigenvalue weighted by Gasteiger charge is 2.29. The first-order chi connectivity index (χ1) is 12.9. The molecule has 0 saturated heterocycles. The molecule has 0 amide bonds. The van der Waals surface area contributed by atoms with E-state index < -0.39 is 15.3 Å². The Bertz CT molecular complexity index is 1070. The van der Waals surface area contributed by atoms with Gasteiger partial charge in [-0.2, -0.15) is 0 Å². The minimum Gasteiger partial charge on any atom is -0.326 e. The van der Waals surface area contributed by atoms with Crippen molar-refractivity contribution in [3.63, 3.8) is 0 Å². The highest BCUT2D eigenvalue weighted by molar-refractivity contribution is 7.90. The second kappa shape index (κ2) is 7.68. The predicted octanol–water partition coefficient (Wildman–Crippen LogP) is 3.27. The molecule has 5 nitrogen and oxygen atoms in total. The van der Waals surface area contributed by atoms with Crippen LogP contribution in [-0.2, 0) is 23.1 Å². The molecule has 1 heterocycles. The molecule has 0 fully saturated rings. The van der Waals surface area contributed by atoms with Crippen LogP contribution in [-0.4, -0.2) is 31.4 Å². The molecule has 0 aliphatic heterocycles. The third kappa shape index (κ3) is 3.56. The van der Waals surface area contributed by atoms with E-state index in [-0.39, 0.29) is 6.54 Å². The van der Waals surface area contributed by atoms with Gasteiger partial charge in [0, 0.05) is 24.7 Å². The fourth-order valence-corrected chi connectivity index (χ4v) is 5.14. The Hall–Kier alpha value is -2.41. The van der Waals surface area contributed by atoms with Gasteiger partial charge in [-0.3, -0.25) is 0 Å². The molecule has 0 radical (unpaired) electrons. The molecule has 1 unspecified atom stereocenters. The third-order valence-electron chi connectivity index (χ3n) is 4.66. The lowest BCUT2D eigenvalue weighted by Crippen LogP contribution is -2.21. The van der Waals surface area contributed by atoms with Crippen LogP contribution in [0.15, 0.2) is 67.4 Å². The topological polar surface area (TPSA) is 68.3 Å². The van der Waals surface area contributed by atoms with Gasteiger partial charge < -0.3 is 10.6 Å². The molecule has 0 bridgehead atoms. The van der Waals surface area contributed by atoms with Crippen molar-refractivity contribution in [1.82, 2.24) is 8.87 Å². The Kier molecular flexibility index (Phi) is 5.51. The first-order valence-corrected chi connectivity index (χ1v) is 10.3. The van der Waals surface area contributed by atoms with Gasteiger partial charge in [-0.15, -0.1) is 6.58 Å². The van der Waals surface area contributed by atoms with Crippen molar-refractivity contribution in [3.05, 3.63) is 84.1 Å². The zero-order chi connectivity index (χ0) is 19.6. The van der Waals surface area contributed by atoms with E-state index in [4.69, 9.17) is 5.73 Å². The van der Waals surface area contributed by atoms with Crippen LogP contribution < -0.4 is 5.73 Å². The van der Waals surface area contributed by atoms with Crippen LogP contribution in [0.2, 0.25) is 0 Å². The minimum atomic E-state index is -3.74. The van der Waals surface area contributed by atoms with Crippen molar-refractivity contribution in [3.8, 4) is 0 Å². The van der Waals surface area contributed by atoms with Crippen molar-refractivity contribution >= 4 is 20.9 Å². The van der Waals surface area contributed by atoms with E-state index in [9.17, 15) is 8.42 Å². The van der Waals surface area contributed by atoms with Crippen LogP contribution in [0.1, 0.15) is 21.9 Å². The Morgan fingerprint density at radius 2 is 1.81 bits per heavy atom. The lowest BCUT2D eigenvalue weighted by Gasteiger charge is -2.19. The summed E-state index contributed by atoms with van der Waals surface area (Å²) >= 11 is 0. The summed E-state index contributed by atoms with van der Waals surface area (Å²) in [5.74, 6) is 0. The summed E-state index contributed by atoms with van der Waals surface area (Å²) in [6.07, 6.45) is 3.10. The lowest BCUT2D eigenvalue weighted by molar-refractivity contribution is 0.404. The standard InChI is InChI=1S/C21H25N3O2S/c1-4-21(19-10-6-5-8-16(19)14-22)27(25,26)24-13-12-18-17(15-23(2)3)9-7-11-20(18)24/h4-13,21H,1,14-15,22H2,2-3H3.